The molecule has 2 nitrogen and oxygen atoms in total. The molecule has 0 saturated carbocycles. The molecule has 4 aromatic carbocycles. The lowest BCUT2D eigenvalue weighted by Gasteiger charge is -2.07. The van der Waals surface area contributed by atoms with Crippen molar-refractivity contribution in [2.75, 3.05) is 0 Å². The van der Waals surface area contributed by atoms with E-state index in [4.69, 9.17) is 4.42 Å². The van der Waals surface area contributed by atoms with Gasteiger partial charge in [0.2, 0.25) is 5.69 Å². The van der Waals surface area contributed by atoms with Gasteiger partial charge in [-0.15, -0.1) is 0 Å². The number of pyridine rings is 1. The van der Waals surface area contributed by atoms with Gasteiger partial charge in [-0.25, -0.2) is 8.96 Å². The first-order chi connectivity index (χ1) is 17.0. The summed E-state index contributed by atoms with van der Waals surface area (Å²) in [6.07, 6.45) is 2.02. The summed E-state index contributed by atoms with van der Waals surface area (Å²) in [5, 5.41) is 1.90. The molecule has 0 unspecified atom stereocenters. The topological polar surface area (TPSA) is 17.0 Å². The highest BCUT2D eigenvalue weighted by Gasteiger charge is 2.22. The molecule has 3 heteroatoms. The van der Waals surface area contributed by atoms with Crippen LogP contribution in [-0.2, 0) is 7.05 Å². The molecule has 0 fully saturated rings. The van der Waals surface area contributed by atoms with Crippen LogP contribution in [0.3, 0.4) is 0 Å². The van der Waals surface area contributed by atoms with Gasteiger partial charge in [0.25, 0.3) is 0 Å². The van der Waals surface area contributed by atoms with E-state index in [2.05, 4.69) is 60.9 Å². The largest absolute Gasteiger partial charge is 0.454 e. The fourth-order valence-corrected chi connectivity index (χ4v) is 4.92. The fraction of sp³-hybridized carbons (Fsp3) is 0.0938. The van der Waals surface area contributed by atoms with Crippen LogP contribution in [0.15, 0.2) is 102 Å². The van der Waals surface area contributed by atoms with Crippen molar-refractivity contribution in [2.24, 2.45) is 7.05 Å². The van der Waals surface area contributed by atoms with E-state index in [1.165, 1.54) is 5.56 Å². The van der Waals surface area contributed by atoms with E-state index < -0.39 is 0 Å². The number of hydrogen-bond donors (Lipinski definition) is 0. The number of fused-ring (bicyclic) bond motifs is 3. The molecule has 6 rings (SSSR count). The monoisotopic (exact) mass is 458 g/mol. The predicted molar refractivity (Wildman–Crippen MR) is 141 cm³/mol. The highest BCUT2D eigenvalue weighted by molar-refractivity contribution is 6.13. The summed E-state index contributed by atoms with van der Waals surface area (Å²) in [5.74, 6) is -0.289. The summed E-state index contributed by atoms with van der Waals surface area (Å²) in [4.78, 5) is 0. The van der Waals surface area contributed by atoms with Crippen molar-refractivity contribution in [3.8, 4) is 33.5 Å². The Morgan fingerprint density at radius 2 is 1.23 bits per heavy atom. The SMILES string of the molecule is Cc1ccc(-c2ccc(-c3c(F)ccc4c3oc3c(-c5cccc[n+]5C)c(C)ccc34)cc2)cc1. The van der Waals surface area contributed by atoms with Crippen molar-refractivity contribution in [1.82, 2.24) is 0 Å². The molecule has 35 heavy (non-hydrogen) atoms. The van der Waals surface area contributed by atoms with Gasteiger partial charge >= 0.3 is 0 Å². The van der Waals surface area contributed by atoms with Gasteiger partial charge in [0.05, 0.1) is 11.1 Å². The summed E-state index contributed by atoms with van der Waals surface area (Å²) < 4.78 is 23.9. The highest BCUT2D eigenvalue weighted by Crippen LogP contribution is 2.41. The molecule has 170 valence electrons. The van der Waals surface area contributed by atoms with Crippen molar-refractivity contribution < 1.29 is 13.4 Å². The number of halogens is 1. The Labute approximate surface area is 203 Å². The van der Waals surface area contributed by atoms with Crippen molar-refractivity contribution >= 4 is 21.9 Å². The molecule has 0 radical (unpaired) electrons. The maximum Gasteiger partial charge on any atom is 0.216 e. The second-order valence-electron chi connectivity index (χ2n) is 9.18. The van der Waals surface area contributed by atoms with E-state index >= 15 is 4.39 Å². The summed E-state index contributed by atoms with van der Waals surface area (Å²) in [6.45, 7) is 4.16. The Morgan fingerprint density at radius 1 is 0.629 bits per heavy atom. The maximum absolute atomic E-state index is 15.3. The Bertz CT molecular complexity index is 1710. The van der Waals surface area contributed by atoms with Gasteiger partial charge in [0, 0.05) is 22.9 Å². The molecule has 2 aromatic heterocycles. The molecule has 0 aliphatic rings. The molecule has 0 aliphatic carbocycles. The number of furan rings is 1. The number of nitrogens with zero attached hydrogens (tertiary/aromatic N) is 1. The standard InChI is InChI=1S/C32H25FNO/c1-20-7-10-22(11-8-20)23-12-14-24(15-13-23)30-27(33)18-17-26-25-16-9-21(2)29(31(25)35-32(26)30)28-6-4-5-19-34(28)3/h4-19H,1-3H3/q+1. The lowest BCUT2D eigenvalue weighted by Crippen LogP contribution is -2.30. The minimum Gasteiger partial charge on any atom is -0.454 e. The average molecular weight is 459 g/mol. The third-order valence-corrected chi connectivity index (χ3v) is 6.84. The zero-order chi connectivity index (χ0) is 24.1. The van der Waals surface area contributed by atoms with Gasteiger partial charge in [-0.3, -0.25) is 0 Å². The van der Waals surface area contributed by atoms with Gasteiger partial charge in [0.15, 0.2) is 6.20 Å². The molecule has 0 N–H and O–H groups in total. The molecular formula is C32H25FNO+. The Morgan fingerprint density at radius 3 is 1.91 bits per heavy atom. The fourth-order valence-electron chi connectivity index (χ4n) is 4.92. The smallest absolute Gasteiger partial charge is 0.216 e. The zero-order valence-electron chi connectivity index (χ0n) is 20.0. The molecule has 0 atom stereocenters. The maximum atomic E-state index is 15.3. The minimum atomic E-state index is -0.289. The third-order valence-electron chi connectivity index (χ3n) is 6.84. The van der Waals surface area contributed by atoms with E-state index in [1.54, 1.807) is 6.07 Å². The predicted octanol–water partition coefficient (Wildman–Crippen LogP) is 8.17. The van der Waals surface area contributed by atoms with Crippen LogP contribution >= 0.6 is 0 Å². The second kappa shape index (κ2) is 8.21. The van der Waals surface area contributed by atoms with Crippen LogP contribution in [0.1, 0.15) is 11.1 Å². The van der Waals surface area contributed by atoms with E-state index in [1.807, 2.05) is 55.7 Å². The Balaban J connectivity index is 1.56. The highest BCUT2D eigenvalue weighted by atomic mass is 19.1. The summed E-state index contributed by atoms with van der Waals surface area (Å²) in [7, 11) is 2.02. The lowest BCUT2D eigenvalue weighted by molar-refractivity contribution is -0.660. The number of hydrogen-bond acceptors (Lipinski definition) is 1. The zero-order valence-corrected chi connectivity index (χ0v) is 20.0. The Hall–Kier alpha value is -4.24. The molecule has 0 saturated heterocycles. The van der Waals surface area contributed by atoms with Crippen LogP contribution in [-0.4, -0.2) is 0 Å². The molecule has 0 spiro atoms. The summed E-state index contributed by atoms with van der Waals surface area (Å²) in [6, 6.07) is 30.1. The van der Waals surface area contributed by atoms with Crippen LogP contribution in [0.2, 0.25) is 0 Å². The van der Waals surface area contributed by atoms with E-state index in [0.717, 1.165) is 49.9 Å². The van der Waals surface area contributed by atoms with Crippen LogP contribution in [0, 0.1) is 19.7 Å². The number of benzene rings is 4. The molecule has 6 aromatic rings. The van der Waals surface area contributed by atoms with E-state index in [-0.39, 0.29) is 5.82 Å². The number of rotatable bonds is 3. The molecular weight excluding hydrogens is 433 g/mol. The quantitative estimate of drug-likeness (QED) is 0.244. The van der Waals surface area contributed by atoms with Crippen LogP contribution in [0.4, 0.5) is 4.39 Å². The van der Waals surface area contributed by atoms with Gasteiger partial charge < -0.3 is 4.42 Å². The van der Waals surface area contributed by atoms with Gasteiger partial charge in [-0.2, -0.15) is 0 Å². The average Bonchev–Trinajstić information content (AvgIpc) is 3.24. The van der Waals surface area contributed by atoms with Crippen molar-refractivity contribution in [3.63, 3.8) is 0 Å². The van der Waals surface area contributed by atoms with Crippen molar-refractivity contribution in [1.29, 1.82) is 0 Å². The number of aromatic nitrogens is 1. The summed E-state index contributed by atoms with van der Waals surface area (Å²) in [5.41, 5.74) is 9.31. The first-order valence-electron chi connectivity index (χ1n) is 11.8. The molecule has 0 bridgehead atoms. The minimum absolute atomic E-state index is 0.289. The van der Waals surface area contributed by atoms with Crippen molar-refractivity contribution in [2.45, 2.75) is 13.8 Å². The van der Waals surface area contributed by atoms with Crippen LogP contribution in [0.25, 0.3) is 55.4 Å². The third kappa shape index (κ3) is 3.52. The number of aryl methyl sites for hydroxylation is 3. The molecule has 0 aliphatic heterocycles. The second-order valence-corrected chi connectivity index (χ2v) is 9.18. The van der Waals surface area contributed by atoms with E-state index in [0.29, 0.717) is 11.1 Å². The lowest BCUT2D eigenvalue weighted by atomic mass is 9.97. The van der Waals surface area contributed by atoms with Crippen molar-refractivity contribution in [3.05, 3.63) is 114 Å². The normalized spacial score (nSPS) is 11.4. The summed E-state index contributed by atoms with van der Waals surface area (Å²) >= 11 is 0. The van der Waals surface area contributed by atoms with Gasteiger partial charge in [-0.1, -0.05) is 66.2 Å². The molecule has 0 amide bonds. The Kier molecular flexibility index (Phi) is 5.00. The first-order valence-corrected chi connectivity index (χ1v) is 11.8. The van der Waals surface area contributed by atoms with Gasteiger partial charge in [0.1, 0.15) is 24.0 Å². The first kappa shape index (κ1) is 21.3. The molecule has 2 heterocycles. The van der Waals surface area contributed by atoms with Gasteiger partial charge in [-0.05, 0) is 54.3 Å². The van der Waals surface area contributed by atoms with Crippen LogP contribution in [0.5, 0.6) is 0 Å². The van der Waals surface area contributed by atoms with E-state index in [9.17, 15) is 0 Å². The van der Waals surface area contributed by atoms with Crippen LogP contribution < -0.4 is 4.57 Å².